The highest BCUT2D eigenvalue weighted by Crippen LogP contribution is 2.36. The molecule has 0 aliphatic rings. The van der Waals surface area contributed by atoms with E-state index in [1.165, 1.54) is 0 Å². The first-order chi connectivity index (χ1) is 9.98. The van der Waals surface area contributed by atoms with Crippen LogP contribution in [0.1, 0.15) is 66.4 Å². The number of hydrogen-bond acceptors (Lipinski definition) is 3. The fourth-order valence-electron chi connectivity index (χ4n) is 2.88. The van der Waals surface area contributed by atoms with Crippen molar-refractivity contribution < 1.29 is 12.6 Å². The lowest BCUT2D eigenvalue weighted by molar-refractivity contribution is 0.283. The van der Waals surface area contributed by atoms with Crippen LogP contribution in [0.5, 0.6) is 0 Å². The molecule has 0 aliphatic heterocycles. The first-order valence-electron chi connectivity index (χ1n) is 7.98. The van der Waals surface area contributed by atoms with Crippen LogP contribution >= 0.6 is 0 Å². The van der Waals surface area contributed by atoms with Gasteiger partial charge in [-0.3, -0.25) is 4.18 Å². The van der Waals surface area contributed by atoms with Crippen LogP contribution in [0.25, 0.3) is 0 Å². The molecule has 0 aliphatic carbocycles. The van der Waals surface area contributed by atoms with Gasteiger partial charge in [-0.2, -0.15) is 8.42 Å². The Labute approximate surface area is 136 Å². The van der Waals surface area contributed by atoms with Crippen molar-refractivity contribution in [2.75, 3.05) is 6.61 Å². The maximum Gasteiger partial charge on any atom is 0.296 e. The van der Waals surface area contributed by atoms with Gasteiger partial charge in [0.25, 0.3) is 10.1 Å². The zero-order chi connectivity index (χ0) is 17.0. The molecule has 1 rings (SSSR count). The second-order valence-electron chi connectivity index (χ2n) is 7.78. The highest BCUT2D eigenvalue weighted by Gasteiger charge is 2.28. The van der Waals surface area contributed by atoms with Crippen LogP contribution in [0.3, 0.4) is 0 Å². The van der Waals surface area contributed by atoms with E-state index in [9.17, 15) is 8.42 Å². The van der Waals surface area contributed by atoms with Crippen LogP contribution in [-0.4, -0.2) is 15.0 Å². The van der Waals surface area contributed by atoms with E-state index in [1.807, 2.05) is 13.0 Å². The van der Waals surface area contributed by atoms with E-state index < -0.39 is 10.1 Å². The molecule has 0 amide bonds. The summed E-state index contributed by atoms with van der Waals surface area (Å²) in [6.07, 6.45) is 2.63. The van der Waals surface area contributed by atoms with Crippen LogP contribution in [0.15, 0.2) is 29.2 Å². The van der Waals surface area contributed by atoms with E-state index in [2.05, 4.69) is 34.6 Å². The molecule has 0 fully saturated rings. The fourth-order valence-corrected chi connectivity index (χ4v) is 3.87. The quantitative estimate of drug-likeness (QED) is 0.528. The first-order valence-corrected chi connectivity index (χ1v) is 9.39. The van der Waals surface area contributed by atoms with Crippen molar-refractivity contribution in [1.82, 2.24) is 0 Å². The van der Waals surface area contributed by atoms with Gasteiger partial charge in [0, 0.05) is 0 Å². The molecular weight excluding hydrogens is 296 g/mol. The third kappa shape index (κ3) is 5.73. The average molecular weight is 327 g/mol. The molecule has 0 unspecified atom stereocenters. The lowest BCUT2D eigenvalue weighted by Crippen LogP contribution is -2.25. The standard InChI is InChI=1S/C18H30O3S/c1-7-8-12-21-22(19,20)16-11-9-10-15(13-16)18(5,6)14-17(2,3)4/h9-11,13H,7-8,12,14H2,1-6H3. The summed E-state index contributed by atoms with van der Waals surface area (Å²) < 4.78 is 29.6. The molecule has 0 aromatic heterocycles. The fraction of sp³-hybridized carbons (Fsp3) is 0.667. The summed E-state index contributed by atoms with van der Waals surface area (Å²) >= 11 is 0. The average Bonchev–Trinajstić information content (AvgIpc) is 2.36. The van der Waals surface area contributed by atoms with Gasteiger partial charge in [0.15, 0.2) is 0 Å². The van der Waals surface area contributed by atoms with Crippen molar-refractivity contribution in [1.29, 1.82) is 0 Å². The summed E-state index contributed by atoms with van der Waals surface area (Å²) in [6.45, 7) is 13.2. The summed E-state index contributed by atoms with van der Waals surface area (Å²) in [7, 11) is -3.66. The minimum absolute atomic E-state index is 0.0901. The van der Waals surface area contributed by atoms with Crippen molar-refractivity contribution in [2.24, 2.45) is 5.41 Å². The highest BCUT2D eigenvalue weighted by molar-refractivity contribution is 7.86. The topological polar surface area (TPSA) is 43.4 Å². The zero-order valence-electron chi connectivity index (χ0n) is 14.8. The number of unbranched alkanes of at least 4 members (excludes halogenated alkanes) is 1. The Morgan fingerprint density at radius 1 is 1.09 bits per heavy atom. The Hall–Kier alpha value is -0.870. The van der Waals surface area contributed by atoms with Crippen LogP contribution in [0, 0.1) is 5.41 Å². The van der Waals surface area contributed by atoms with Gasteiger partial charge in [-0.15, -0.1) is 0 Å². The van der Waals surface area contributed by atoms with Gasteiger partial charge in [-0.1, -0.05) is 60.1 Å². The summed E-state index contributed by atoms with van der Waals surface area (Å²) in [6, 6.07) is 7.16. The molecule has 0 bridgehead atoms. The number of benzene rings is 1. The molecular formula is C18H30O3S. The Balaban J connectivity index is 3.04. The van der Waals surface area contributed by atoms with Gasteiger partial charge in [-0.25, -0.2) is 0 Å². The van der Waals surface area contributed by atoms with Gasteiger partial charge >= 0.3 is 0 Å². The van der Waals surface area contributed by atoms with E-state index in [0.717, 1.165) is 24.8 Å². The van der Waals surface area contributed by atoms with Crippen molar-refractivity contribution in [3.8, 4) is 0 Å². The summed E-state index contributed by atoms with van der Waals surface area (Å²) in [5.41, 5.74) is 1.12. The molecule has 1 aromatic carbocycles. The van der Waals surface area contributed by atoms with E-state index in [4.69, 9.17) is 4.18 Å². The Morgan fingerprint density at radius 2 is 1.73 bits per heavy atom. The highest BCUT2D eigenvalue weighted by atomic mass is 32.2. The van der Waals surface area contributed by atoms with Crippen molar-refractivity contribution >= 4 is 10.1 Å². The molecule has 0 saturated heterocycles. The molecule has 4 heteroatoms. The summed E-state index contributed by atoms with van der Waals surface area (Å²) in [5.74, 6) is 0. The molecule has 0 atom stereocenters. The Kier molecular flexibility index (Phi) is 6.22. The molecule has 0 heterocycles. The molecule has 22 heavy (non-hydrogen) atoms. The molecule has 1 aromatic rings. The maximum atomic E-state index is 12.2. The summed E-state index contributed by atoms with van der Waals surface area (Å²) in [4.78, 5) is 0.253. The van der Waals surface area contributed by atoms with Crippen LogP contribution in [0.2, 0.25) is 0 Å². The smallest absolute Gasteiger partial charge is 0.266 e. The van der Waals surface area contributed by atoms with E-state index in [-0.39, 0.29) is 22.3 Å². The third-order valence-corrected chi connectivity index (χ3v) is 4.92. The normalized spacial score (nSPS) is 13.4. The van der Waals surface area contributed by atoms with Crippen molar-refractivity contribution in [3.05, 3.63) is 29.8 Å². The van der Waals surface area contributed by atoms with E-state index in [0.29, 0.717) is 0 Å². The third-order valence-electron chi connectivity index (χ3n) is 3.61. The molecule has 0 saturated carbocycles. The van der Waals surface area contributed by atoms with Gasteiger partial charge in [-0.05, 0) is 41.4 Å². The minimum atomic E-state index is -3.66. The molecule has 126 valence electrons. The second kappa shape index (κ2) is 7.14. The van der Waals surface area contributed by atoms with Crippen LogP contribution in [-0.2, 0) is 19.7 Å². The van der Waals surface area contributed by atoms with Crippen molar-refractivity contribution in [3.63, 3.8) is 0 Å². The minimum Gasteiger partial charge on any atom is -0.266 e. The van der Waals surface area contributed by atoms with E-state index in [1.54, 1.807) is 18.2 Å². The summed E-state index contributed by atoms with van der Waals surface area (Å²) in [5, 5.41) is 0. The molecule has 0 N–H and O–H groups in total. The first kappa shape index (κ1) is 19.2. The predicted molar refractivity (Wildman–Crippen MR) is 91.6 cm³/mol. The SMILES string of the molecule is CCCCOS(=O)(=O)c1cccc(C(C)(C)CC(C)(C)C)c1. The Bertz CT molecular complexity index is 581. The van der Waals surface area contributed by atoms with E-state index >= 15 is 0 Å². The largest absolute Gasteiger partial charge is 0.296 e. The second-order valence-corrected chi connectivity index (χ2v) is 9.39. The van der Waals surface area contributed by atoms with Gasteiger partial charge < -0.3 is 0 Å². The number of rotatable bonds is 7. The van der Waals surface area contributed by atoms with Gasteiger partial charge in [0.1, 0.15) is 0 Å². The molecule has 0 radical (unpaired) electrons. The number of hydrogen-bond donors (Lipinski definition) is 0. The maximum absolute atomic E-state index is 12.2. The predicted octanol–water partition coefficient (Wildman–Crippen LogP) is 4.91. The molecule has 0 spiro atoms. The van der Waals surface area contributed by atoms with Gasteiger partial charge in [0.05, 0.1) is 11.5 Å². The van der Waals surface area contributed by atoms with Crippen LogP contribution < -0.4 is 0 Å². The lowest BCUT2D eigenvalue weighted by Gasteiger charge is -2.33. The van der Waals surface area contributed by atoms with Crippen molar-refractivity contribution in [2.45, 2.75) is 71.1 Å². The zero-order valence-corrected chi connectivity index (χ0v) is 15.6. The monoisotopic (exact) mass is 326 g/mol. The molecule has 3 nitrogen and oxygen atoms in total. The van der Waals surface area contributed by atoms with Crippen LogP contribution in [0.4, 0.5) is 0 Å². The van der Waals surface area contributed by atoms with Gasteiger partial charge in [0.2, 0.25) is 0 Å². The Morgan fingerprint density at radius 3 is 2.27 bits per heavy atom. The lowest BCUT2D eigenvalue weighted by atomic mass is 9.72.